The molecule has 1 aromatic carbocycles. The number of anilines is 1. The minimum absolute atomic E-state index is 0.155. The van der Waals surface area contributed by atoms with Crippen molar-refractivity contribution in [3.8, 4) is 5.75 Å². The molecule has 1 aromatic heterocycles. The number of hydrogen-bond acceptors (Lipinski definition) is 4. The maximum Gasteiger partial charge on any atom is 0.149 e. The van der Waals surface area contributed by atoms with E-state index in [1.165, 1.54) is 5.56 Å². The van der Waals surface area contributed by atoms with Crippen LogP contribution in [0.4, 0.5) is 5.82 Å². The summed E-state index contributed by atoms with van der Waals surface area (Å²) < 4.78 is 5.60. The van der Waals surface area contributed by atoms with Crippen LogP contribution in [0.15, 0.2) is 36.5 Å². The van der Waals surface area contributed by atoms with Gasteiger partial charge in [0.05, 0.1) is 12.2 Å². The molecular weight excluding hydrogens is 214 g/mol. The van der Waals surface area contributed by atoms with Crippen molar-refractivity contribution in [1.29, 1.82) is 0 Å². The van der Waals surface area contributed by atoms with Gasteiger partial charge >= 0.3 is 0 Å². The molecule has 17 heavy (non-hydrogen) atoms. The number of nitrogens with one attached hydrogen (secondary N) is 1. The Balaban J connectivity index is 1.84. The number of aryl methyl sites for hydroxylation is 1. The highest BCUT2D eigenvalue weighted by Crippen LogP contribution is 2.33. The van der Waals surface area contributed by atoms with E-state index in [2.05, 4.69) is 21.6 Å². The van der Waals surface area contributed by atoms with Crippen LogP contribution in [0.5, 0.6) is 5.75 Å². The summed E-state index contributed by atoms with van der Waals surface area (Å²) in [5, 5.41) is 11.3. The van der Waals surface area contributed by atoms with Crippen LogP contribution in [0, 0.1) is 6.92 Å². The Labute approximate surface area is 99.6 Å². The molecule has 0 fully saturated rings. The topological polar surface area (TPSA) is 47.0 Å². The summed E-state index contributed by atoms with van der Waals surface area (Å²) >= 11 is 0. The van der Waals surface area contributed by atoms with E-state index in [1.54, 1.807) is 6.20 Å². The molecule has 2 aromatic rings. The molecule has 3 rings (SSSR count). The Kier molecular flexibility index (Phi) is 2.40. The fraction of sp³-hybridized carbons (Fsp3) is 0.231. The highest BCUT2D eigenvalue weighted by molar-refractivity contribution is 5.46. The number of benzene rings is 1. The fourth-order valence-corrected chi connectivity index (χ4v) is 2.00. The largest absolute Gasteiger partial charge is 0.491 e. The Morgan fingerprint density at radius 3 is 3.12 bits per heavy atom. The van der Waals surface area contributed by atoms with Crippen LogP contribution in [0.25, 0.3) is 0 Å². The highest BCUT2D eigenvalue weighted by atomic mass is 16.5. The molecule has 1 unspecified atom stereocenters. The Hall–Kier alpha value is -2.10. The van der Waals surface area contributed by atoms with Crippen molar-refractivity contribution in [2.75, 3.05) is 11.9 Å². The van der Waals surface area contributed by atoms with E-state index in [1.807, 2.05) is 31.2 Å². The van der Waals surface area contributed by atoms with Crippen molar-refractivity contribution in [2.24, 2.45) is 0 Å². The lowest BCUT2D eigenvalue weighted by atomic mass is 10.1. The van der Waals surface area contributed by atoms with Crippen LogP contribution in [-0.4, -0.2) is 16.8 Å². The molecule has 0 saturated heterocycles. The van der Waals surface area contributed by atoms with E-state index in [-0.39, 0.29) is 6.04 Å². The average Bonchev–Trinajstić information content (AvgIpc) is 2.73. The average molecular weight is 227 g/mol. The number of fused-ring (bicyclic) bond motifs is 1. The van der Waals surface area contributed by atoms with Crippen LogP contribution in [0.2, 0.25) is 0 Å². The van der Waals surface area contributed by atoms with Gasteiger partial charge in [-0.15, -0.1) is 5.10 Å². The first-order valence-corrected chi connectivity index (χ1v) is 5.60. The normalized spacial score (nSPS) is 17.4. The van der Waals surface area contributed by atoms with Crippen molar-refractivity contribution >= 4 is 5.82 Å². The molecule has 1 aliphatic rings. The second-order valence-electron chi connectivity index (χ2n) is 4.16. The zero-order valence-electron chi connectivity index (χ0n) is 9.55. The summed E-state index contributed by atoms with van der Waals surface area (Å²) in [6.07, 6.45) is 1.74. The van der Waals surface area contributed by atoms with Gasteiger partial charge in [-0.2, -0.15) is 5.10 Å². The maximum absolute atomic E-state index is 5.60. The fourth-order valence-electron chi connectivity index (χ4n) is 2.00. The standard InChI is InChI=1S/C13H13N3O/c1-9-6-13(16-14-7-9)15-11-8-17-12-5-3-2-4-10(11)12/h2-7,11H,8H2,1H3,(H,15,16). The molecular formula is C13H13N3O. The zero-order valence-corrected chi connectivity index (χ0v) is 9.55. The second-order valence-corrected chi connectivity index (χ2v) is 4.16. The summed E-state index contributed by atoms with van der Waals surface area (Å²) in [6, 6.07) is 10.2. The molecule has 4 heteroatoms. The van der Waals surface area contributed by atoms with E-state index < -0.39 is 0 Å². The summed E-state index contributed by atoms with van der Waals surface area (Å²) in [5.74, 6) is 1.74. The predicted molar refractivity (Wildman–Crippen MR) is 65.1 cm³/mol. The molecule has 86 valence electrons. The van der Waals surface area contributed by atoms with Crippen molar-refractivity contribution < 1.29 is 4.74 Å². The summed E-state index contributed by atoms with van der Waals surface area (Å²) in [7, 11) is 0. The Morgan fingerprint density at radius 1 is 1.35 bits per heavy atom. The van der Waals surface area contributed by atoms with Gasteiger partial charge in [0.2, 0.25) is 0 Å². The van der Waals surface area contributed by atoms with Crippen LogP contribution < -0.4 is 10.1 Å². The predicted octanol–water partition coefficient (Wildman–Crippen LogP) is 2.33. The minimum Gasteiger partial charge on any atom is -0.491 e. The number of hydrogen-bond donors (Lipinski definition) is 1. The van der Waals surface area contributed by atoms with Crippen molar-refractivity contribution in [3.05, 3.63) is 47.7 Å². The van der Waals surface area contributed by atoms with Crippen LogP contribution in [0.3, 0.4) is 0 Å². The molecule has 0 saturated carbocycles. The Bertz CT molecular complexity index is 542. The molecule has 1 N–H and O–H groups in total. The first-order valence-electron chi connectivity index (χ1n) is 5.60. The number of para-hydroxylation sites is 1. The van der Waals surface area contributed by atoms with Gasteiger partial charge in [0.25, 0.3) is 0 Å². The van der Waals surface area contributed by atoms with Gasteiger partial charge in [0.1, 0.15) is 18.2 Å². The third-order valence-corrected chi connectivity index (χ3v) is 2.81. The smallest absolute Gasteiger partial charge is 0.149 e. The second kappa shape index (κ2) is 4.05. The third kappa shape index (κ3) is 1.93. The number of ether oxygens (including phenoxy) is 1. The number of aromatic nitrogens is 2. The lowest BCUT2D eigenvalue weighted by Crippen LogP contribution is -2.13. The highest BCUT2D eigenvalue weighted by Gasteiger charge is 2.23. The van der Waals surface area contributed by atoms with Crippen molar-refractivity contribution in [2.45, 2.75) is 13.0 Å². The first kappa shape index (κ1) is 10.1. The van der Waals surface area contributed by atoms with E-state index >= 15 is 0 Å². The molecule has 0 spiro atoms. The van der Waals surface area contributed by atoms with Gasteiger partial charge in [-0.05, 0) is 24.6 Å². The first-order chi connectivity index (χ1) is 8.33. The lowest BCUT2D eigenvalue weighted by Gasteiger charge is -2.11. The van der Waals surface area contributed by atoms with Crippen molar-refractivity contribution in [3.63, 3.8) is 0 Å². The maximum atomic E-state index is 5.60. The quantitative estimate of drug-likeness (QED) is 0.855. The zero-order chi connectivity index (χ0) is 11.7. The summed E-state index contributed by atoms with van der Waals surface area (Å²) in [6.45, 7) is 2.63. The SMILES string of the molecule is Cc1cnnc(NC2COc3ccccc32)c1. The number of rotatable bonds is 2. The van der Waals surface area contributed by atoms with Gasteiger partial charge < -0.3 is 10.1 Å². The van der Waals surface area contributed by atoms with Crippen LogP contribution in [0.1, 0.15) is 17.2 Å². The van der Waals surface area contributed by atoms with Gasteiger partial charge in [0, 0.05) is 5.56 Å². The molecule has 1 aliphatic heterocycles. The third-order valence-electron chi connectivity index (χ3n) is 2.81. The molecule has 0 aliphatic carbocycles. The van der Waals surface area contributed by atoms with Crippen LogP contribution in [-0.2, 0) is 0 Å². The molecule has 1 atom stereocenters. The van der Waals surface area contributed by atoms with Gasteiger partial charge in [0.15, 0.2) is 0 Å². The number of nitrogens with zero attached hydrogens (tertiary/aromatic N) is 2. The molecule has 0 bridgehead atoms. The lowest BCUT2D eigenvalue weighted by molar-refractivity contribution is 0.339. The molecule has 0 amide bonds. The summed E-state index contributed by atoms with van der Waals surface area (Å²) in [4.78, 5) is 0. The van der Waals surface area contributed by atoms with E-state index in [0.717, 1.165) is 17.1 Å². The summed E-state index contributed by atoms with van der Waals surface area (Å²) in [5.41, 5.74) is 2.27. The van der Waals surface area contributed by atoms with E-state index in [4.69, 9.17) is 4.74 Å². The van der Waals surface area contributed by atoms with E-state index in [0.29, 0.717) is 6.61 Å². The van der Waals surface area contributed by atoms with Gasteiger partial charge in [-0.1, -0.05) is 18.2 Å². The van der Waals surface area contributed by atoms with Crippen LogP contribution >= 0.6 is 0 Å². The minimum atomic E-state index is 0.155. The molecule has 0 radical (unpaired) electrons. The molecule has 2 heterocycles. The van der Waals surface area contributed by atoms with E-state index in [9.17, 15) is 0 Å². The van der Waals surface area contributed by atoms with Gasteiger partial charge in [-0.3, -0.25) is 0 Å². The monoisotopic (exact) mass is 227 g/mol. The Morgan fingerprint density at radius 2 is 2.24 bits per heavy atom. The van der Waals surface area contributed by atoms with Gasteiger partial charge in [-0.25, -0.2) is 0 Å². The van der Waals surface area contributed by atoms with Crippen molar-refractivity contribution in [1.82, 2.24) is 10.2 Å². The molecule has 4 nitrogen and oxygen atoms in total.